The first-order valence-electron chi connectivity index (χ1n) is 7.95. The van der Waals surface area contributed by atoms with Gasteiger partial charge in [-0.05, 0) is 31.0 Å². The molecule has 1 aliphatic carbocycles. The van der Waals surface area contributed by atoms with Gasteiger partial charge in [0.25, 0.3) is 0 Å². The Bertz CT molecular complexity index is 756. The Kier molecular flexibility index (Phi) is 4.89. The number of rotatable bonds is 7. The molecule has 5 nitrogen and oxygen atoms in total. The predicted octanol–water partition coefficient (Wildman–Crippen LogP) is 3.86. The highest BCUT2D eigenvalue weighted by molar-refractivity contribution is 7.99. The zero-order valence-corrected chi connectivity index (χ0v) is 14.8. The molecule has 1 aromatic carbocycles. The highest BCUT2D eigenvalue weighted by Crippen LogP contribution is 2.40. The Morgan fingerprint density at radius 1 is 1.42 bits per heavy atom. The number of ether oxygens (including phenoxy) is 1. The number of carbonyl (C=O) groups is 1. The van der Waals surface area contributed by atoms with Gasteiger partial charge in [-0.2, -0.15) is 0 Å². The van der Waals surface area contributed by atoms with Crippen LogP contribution in [0.25, 0.3) is 0 Å². The van der Waals surface area contributed by atoms with Crippen molar-refractivity contribution in [2.75, 3.05) is 12.9 Å². The zero-order valence-electron chi connectivity index (χ0n) is 14.0. The minimum Gasteiger partial charge on any atom is -0.494 e. The molecule has 1 fully saturated rings. The van der Waals surface area contributed by atoms with Crippen molar-refractivity contribution in [2.45, 2.75) is 43.8 Å². The summed E-state index contributed by atoms with van der Waals surface area (Å²) in [6.45, 7) is 4.17. The van der Waals surface area contributed by atoms with Gasteiger partial charge in [-0.1, -0.05) is 25.6 Å². The molecule has 7 heteroatoms. The molecule has 128 valence electrons. The maximum absolute atomic E-state index is 13.7. The van der Waals surface area contributed by atoms with Crippen LogP contribution in [0.2, 0.25) is 0 Å². The number of halogens is 1. The van der Waals surface area contributed by atoms with Crippen LogP contribution in [-0.2, 0) is 0 Å². The normalized spacial score (nSPS) is 14.2. The molecule has 0 bridgehead atoms. The van der Waals surface area contributed by atoms with Crippen molar-refractivity contribution >= 4 is 17.5 Å². The lowest BCUT2D eigenvalue weighted by molar-refractivity contribution is 0.102. The molecule has 0 saturated heterocycles. The van der Waals surface area contributed by atoms with Crippen LogP contribution in [-0.4, -0.2) is 33.4 Å². The van der Waals surface area contributed by atoms with Gasteiger partial charge in [0.1, 0.15) is 5.82 Å². The first-order chi connectivity index (χ1) is 11.5. The lowest BCUT2D eigenvalue weighted by atomic mass is 10.1. The summed E-state index contributed by atoms with van der Waals surface area (Å²) in [7, 11) is 1.40. The molecule has 0 unspecified atom stereocenters. The summed E-state index contributed by atoms with van der Waals surface area (Å²) in [4.78, 5) is 12.3. The predicted molar refractivity (Wildman–Crippen MR) is 90.4 cm³/mol. The monoisotopic (exact) mass is 349 g/mol. The summed E-state index contributed by atoms with van der Waals surface area (Å²) in [6.07, 6.45) is 2.26. The molecule has 0 N–H and O–H groups in total. The van der Waals surface area contributed by atoms with E-state index in [1.165, 1.54) is 31.0 Å². The summed E-state index contributed by atoms with van der Waals surface area (Å²) >= 11 is 1.36. The number of aromatic nitrogens is 3. The van der Waals surface area contributed by atoms with Crippen molar-refractivity contribution in [1.29, 1.82) is 0 Å². The quantitative estimate of drug-likeness (QED) is 0.561. The molecule has 0 spiro atoms. The van der Waals surface area contributed by atoms with Crippen LogP contribution in [0.3, 0.4) is 0 Å². The van der Waals surface area contributed by atoms with Crippen LogP contribution in [0, 0.1) is 5.82 Å². The van der Waals surface area contributed by atoms with Crippen LogP contribution >= 0.6 is 11.8 Å². The van der Waals surface area contributed by atoms with E-state index >= 15 is 0 Å². The fourth-order valence-corrected chi connectivity index (χ4v) is 3.42. The number of hydrogen-bond acceptors (Lipinski definition) is 5. The third kappa shape index (κ3) is 3.45. The number of ketones is 1. The average Bonchev–Trinajstić information content (AvgIpc) is 3.31. The van der Waals surface area contributed by atoms with Gasteiger partial charge in [0, 0.05) is 17.5 Å². The number of carbonyl (C=O) groups excluding carboxylic acids is 1. The second kappa shape index (κ2) is 6.93. The lowest BCUT2D eigenvalue weighted by Crippen LogP contribution is -2.07. The first-order valence-corrected chi connectivity index (χ1v) is 8.94. The minimum absolute atomic E-state index is 0.134. The standard InChI is InChI=1S/C17H20FN3O2S/c1-10(2)16-19-20-17(21(16)12-5-6-12)24-9-14(22)11-4-7-15(23-3)13(18)8-11/h4,7-8,10,12H,5-6,9H2,1-3H3. The van der Waals surface area contributed by atoms with Crippen molar-refractivity contribution in [1.82, 2.24) is 14.8 Å². The third-order valence-corrected chi connectivity index (χ3v) is 4.87. The van der Waals surface area contributed by atoms with E-state index in [0.29, 0.717) is 17.5 Å². The Balaban J connectivity index is 1.72. The molecule has 0 aliphatic heterocycles. The Hall–Kier alpha value is -1.89. The Morgan fingerprint density at radius 3 is 2.75 bits per heavy atom. The Labute approximate surface area is 144 Å². The molecule has 2 aromatic rings. The second-order valence-electron chi connectivity index (χ2n) is 6.16. The molecular weight excluding hydrogens is 329 g/mol. The van der Waals surface area contributed by atoms with Gasteiger partial charge < -0.3 is 9.30 Å². The molecule has 24 heavy (non-hydrogen) atoms. The van der Waals surface area contributed by atoms with Crippen molar-refractivity contribution in [2.24, 2.45) is 0 Å². The van der Waals surface area contributed by atoms with E-state index in [1.807, 2.05) is 0 Å². The number of thioether (sulfide) groups is 1. The minimum atomic E-state index is -0.531. The fraction of sp³-hybridized carbons (Fsp3) is 0.471. The number of nitrogens with zero attached hydrogens (tertiary/aromatic N) is 3. The van der Waals surface area contributed by atoms with E-state index in [-0.39, 0.29) is 17.3 Å². The van der Waals surface area contributed by atoms with E-state index in [4.69, 9.17) is 4.74 Å². The molecule has 0 atom stereocenters. The largest absolute Gasteiger partial charge is 0.494 e. The first kappa shape index (κ1) is 17.0. The van der Waals surface area contributed by atoms with Crippen molar-refractivity contribution in [3.05, 3.63) is 35.4 Å². The molecule has 1 saturated carbocycles. The van der Waals surface area contributed by atoms with E-state index in [1.54, 1.807) is 6.07 Å². The third-order valence-electron chi connectivity index (χ3n) is 3.93. The molecular formula is C17H20FN3O2S. The van der Waals surface area contributed by atoms with Gasteiger partial charge in [-0.3, -0.25) is 4.79 Å². The van der Waals surface area contributed by atoms with E-state index < -0.39 is 5.82 Å². The molecule has 3 rings (SSSR count). The van der Waals surface area contributed by atoms with E-state index in [2.05, 4.69) is 28.6 Å². The van der Waals surface area contributed by atoms with Crippen molar-refractivity contribution < 1.29 is 13.9 Å². The molecule has 1 aliphatic rings. The summed E-state index contributed by atoms with van der Waals surface area (Å²) in [5.41, 5.74) is 0.336. The van der Waals surface area contributed by atoms with Crippen LogP contribution in [0.5, 0.6) is 5.75 Å². The summed E-state index contributed by atoms with van der Waals surface area (Å²) < 4.78 is 20.8. The Morgan fingerprint density at radius 2 is 2.17 bits per heavy atom. The maximum atomic E-state index is 13.7. The molecule has 0 radical (unpaired) electrons. The molecule has 0 amide bonds. The summed E-state index contributed by atoms with van der Waals surface area (Å²) in [5, 5.41) is 9.27. The van der Waals surface area contributed by atoms with E-state index in [9.17, 15) is 9.18 Å². The smallest absolute Gasteiger partial charge is 0.191 e. The van der Waals surface area contributed by atoms with Crippen LogP contribution < -0.4 is 4.74 Å². The van der Waals surface area contributed by atoms with Crippen molar-refractivity contribution in [3.63, 3.8) is 0 Å². The molecule has 1 aromatic heterocycles. The molecule has 1 heterocycles. The van der Waals surface area contributed by atoms with E-state index in [0.717, 1.165) is 23.8 Å². The highest BCUT2D eigenvalue weighted by Gasteiger charge is 2.30. The lowest BCUT2D eigenvalue weighted by Gasteiger charge is -2.10. The van der Waals surface area contributed by atoms with Crippen LogP contribution in [0.15, 0.2) is 23.4 Å². The highest BCUT2D eigenvalue weighted by atomic mass is 32.2. The number of methoxy groups -OCH3 is 1. The zero-order chi connectivity index (χ0) is 17.3. The maximum Gasteiger partial charge on any atom is 0.191 e. The van der Waals surface area contributed by atoms with Gasteiger partial charge in [-0.15, -0.1) is 10.2 Å². The topological polar surface area (TPSA) is 57.0 Å². The van der Waals surface area contributed by atoms with Crippen molar-refractivity contribution in [3.8, 4) is 5.75 Å². The van der Waals surface area contributed by atoms with Crippen LogP contribution in [0.1, 0.15) is 54.8 Å². The van der Waals surface area contributed by atoms with Gasteiger partial charge in [-0.25, -0.2) is 4.39 Å². The average molecular weight is 349 g/mol. The van der Waals surface area contributed by atoms with Crippen LogP contribution in [0.4, 0.5) is 4.39 Å². The van der Waals surface area contributed by atoms with Gasteiger partial charge in [0.05, 0.1) is 12.9 Å². The second-order valence-corrected chi connectivity index (χ2v) is 7.10. The SMILES string of the molecule is COc1ccc(C(=O)CSc2nnc(C(C)C)n2C2CC2)cc1F. The summed E-state index contributed by atoms with van der Waals surface area (Å²) in [5.74, 6) is 0.917. The van der Waals surface area contributed by atoms with Gasteiger partial charge in [0.15, 0.2) is 22.5 Å². The van der Waals surface area contributed by atoms with Gasteiger partial charge in [0.2, 0.25) is 0 Å². The fourth-order valence-electron chi connectivity index (χ4n) is 2.51. The number of hydrogen-bond donors (Lipinski definition) is 0. The number of benzene rings is 1. The van der Waals surface area contributed by atoms with Gasteiger partial charge >= 0.3 is 0 Å². The summed E-state index contributed by atoms with van der Waals surface area (Å²) in [6, 6.07) is 4.72. The number of Topliss-reactive ketones (excluding diaryl/α,β-unsaturated/α-hetero) is 1.